The van der Waals surface area contributed by atoms with Gasteiger partial charge in [0.05, 0.1) is 0 Å². The van der Waals surface area contributed by atoms with E-state index < -0.39 is 0 Å². The average molecular weight is 271 g/mol. The molecule has 3 heteroatoms. The van der Waals surface area contributed by atoms with Crippen LogP contribution in [0.5, 0.6) is 0 Å². The maximum atomic E-state index is 12.4. The van der Waals surface area contributed by atoms with Gasteiger partial charge in [-0.3, -0.25) is 4.79 Å². The number of hydrogen-bond donors (Lipinski definition) is 2. The van der Waals surface area contributed by atoms with E-state index in [2.05, 4.69) is 24.1 Å². The minimum absolute atomic E-state index is 0.0195. The zero-order valence-corrected chi connectivity index (χ0v) is 12.1. The van der Waals surface area contributed by atoms with Crippen molar-refractivity contribution in [2.75, 3.05) is 6.61 Å². The Hall–Kier alpha value is -1.79. The van der Waals surface area contributed by atoms with E-state index in [-0.39, 0.29) is 18.6 Å². The standard InChI is InChI=1S/C17H21NO2/c1-12-8-9-14(6-4-10-19)11-15(12)17(20)18-16-7-3-5-13(16)2/h8-9,11,13,16,19H,3,5,7,10H2,1-2H3,(H,18,20). The number of carbonyl (C=O) groups is 1. The van der Waals surface area contributed by atoms with E-state index in [9.17, 15) is 4.79 Å². The molecule has 0 aromatic heterocycles. The van der Waals surface area contributed by atoms with Crippen molar-refractivity contribution in [1.82, 2.24) is 5.32 Å². The van der Waals surface area contributed by atoms with E-state index in [1.807, 2.05) is 19.1 Å². The second-order valence-corrected chi connectivity index (χ2v) is 5.48. The van der Waals surface area contributed by atoms with Crippen molar-refractivity contribution >= 4 is 5.91 Å². The lowest BCUT2D eigenvalue weighted by Gasteiger charge is -2.18. The summed E-state index contributed by atoms with van der Waals surface area (Å²) in [6.45, 7) is 3.94. The van der Waals surface area contributed by atoms with Crippen LogP contribution in [-0.2, 0) is 0 Å². The number of aliphatic hydroxyl groups excluding tert-OH is 1. The smallest absolute Gasteiger partial charge is 0.251 e. The number of hydrogen-bond acceptors (Lipinski definition) is 2. The Labute approximate surface area is 120 Å². The lowest BCUT2D eigenvalue weighted by Crippen LogP contribution is -2.36. The van der Waals surface area contributed by atoms with Crippen LogP contribution in [0, 0.1) is 24.7 Å². The van der Waals surface area contributed by atoms with Gasteiger partial charge in [-0.2, -0.15) is 0 Å². The summed E-state index contributed by atoms with van der Waals surface area (Å²) >= 11 is 0. The topological polar surface area (TPSA) is 49.3 Å². The van der Waals surface area contributed by atoms with Crippen molar-refractivity contribution in [2.24, 2.45) is 5.92 Å². The van der Waals surface area contributed by atoms with E-state index in [1.54, 1.807) is 6.07 Å². The fourth-order valence-corrected chi connectivity index (χ4v) is 2.69. The van der Waals surface area contributed by atoms with Crippen LogP contribution in [0.2, 0.25) is 0 Å². The van der Waals surface area contributed by atoms with Crippen LogP contribution in [0.4, 0.5) is 0 Å². The van der Waals surface area contributed by atoms with Gasteiger partial charge in [-0.15, -0.1) is 0 Å². The van der Waals surface area contributed by atoms with Crippen molar-refractivity contribution in [3.8, 4) is 11.8 Å². The van der Waals surface area contributed by atoms with Crippen molar-refractivity contribution in [2.45, 2.75) is 39.2 Å². The Morgan fingerprint density at radius 3 is 2.90 bits per heavy atom. The van der Waals surface area contributed by atoms with Crippen molar-refractivity contribution in [3.63, 3.8) is 0 Å². The fraction of sp³-hybridized carbons (Fsp3) is 0.471. The monoisotopic (exact) mass is 271 g/mol. The molecule has 3 nitrogen and oxygen atoms in total. The molecule has 1 aliphatic rings. The van der Waals surface area contributed by atoms with Gasteiger partial charge in [-0.05, 0) is 43.4 Å². The summed E-state index contributed by atoms with van der Waals surface area (Å²) in [6.07, 6.45) is 3.44. The molecule has 2 N–H and O–H groups in total. The maximum Gasteiger partial charge on any atom is 0.251 e. The quantitative estimate of drug-likeness (QED) is 0.811. The van der Waals surface area contributed by atoms with Gasteiger partial charge in [0.1, 0.15) is 6.61 Å². The summed E-state index contributed by atoms with van der Waals surface area (Å²) in [5.41, 5.74) is 2.38. The summed E-state index contributed by atoms with van der Waals surface area (Å²) in [5.74, 6) is 5.98. The Balaban J connectivity index is 2.16. The Morgan fingerprint density at radius 2 is 2.25 bits per heavy atom. The molecule has 1 aliphatic carbocycles. The van der Waals surface area contributed by atoms with Crippen LogP contribution in [0.15, 0.2) is 18.2 Å². The highest BCUT2D eigenvalue weighted by Crippen LogP contribution is 2.25. The molecule has 2 rings (SSSR count). The second kappa shape index (κ2) is 6.58. The zero-order chi connectivity index (χ0) is 14.5. The van der Waals surface area contributed by atoms with E-state index in [0.717, 1.165) is 17.5 Å². The lowest BCUT2D eigenvalue weighted by atomic mass is 10.0. The molecule has 1 amide bonds. The summed E-state index contributed by atoms with van der Waals surface area (Å²) in [7, 11) is 0. The molecule has 2 unspecified atom stereocenters. The van der Waals surface area contributed by atoms with E-state index in [0.29, 0.717) is 11.5 Å². The first kappa shape index (κ1) is 14.6. The number of carbonyl (C=O) groups excluding carboxylic acids is 1. The third-order valence-corrected chi connectivity index (χ3v) is 3.97. The molecule has 20 heavy (non-hydrogen) atoms. The molecule has 0 aliphatic heterocycles. The molecule has 0 saturated heterocycles. The molecule has 106 valence electrons. The summed E-state index contributed by atoms with van der Waals surface area (Å²) < 4.78 is 0. The lowest BCUT2D eigenvalue weighted by molar-refractivity contribution is 0.0929. The van der Waals surface area contributed by atoms with Gasteiger partial charge in [-0.25, -0.2) is 0 Å². The summed E-state index contributed by atoms with van der Waals surface area (Å²) in [4.78, 5) is 12.4. The second-order valence-electron chi connectivity index (χ2n) is 5.48. The van der Waals surface area contributed by atoms with Gasteiger partial charge in [0.25, 0.3) is 5.91 Å². The Kier molecular flexibility index (Phi) is 4.81. The summed E-state index contributed by atoms with van der Waals surface area (Å²) in [6, 6.07) is 5.85. The molecule has 0 spiro atoms. The Morgan fingerprint density at radius 1 is 1.45 bits per heavy atom. The highest BCUT2D eigenvalue weighted by molar-refractivity contribution is 5.96. The number of benzene rings is 1. The number of amides is 1. The SMILES string of the molecule is Cc1ccc(C#CCO)cc1C(=O)NC1CCCC1C. The number of aliphatic hydroxyl groups is 1. The fourth-order valence-electron chi connectivity index (χ4n) is 2.69. The molecule has 2 atom stereocenters. The van der Waals surface area contributed by atoms with E-state index in [4.69, 9.17) is 5.11 Å². The molecule has 0 heterocycles. The third-order valence-electron chi connectivity index (χ3n) is 3.97. The molecule has 1 aromatic rings. The van der Waals surface area contributed by atoms with Crippen molar-refractivity contribution in [1.29, 1.82) is 0 Å². The predicted octanol–water partition coefficient (Wildman–Crippen LogP) is 2.26. The van der Waals surface area contributed by atoms with Gasteiger partial charge >= 0.3 is 0 Å². The van der Waals surface area contributed by atoms with Crippen LogP contribution in [-0.4, -0.2) is 23.7 Å². The average Bonchev–Trinajstić information content (AvgIpc) is 2.83. The molecular formula is C17H21NO2. The first-order valence-corrected chi connectivity index (χ1v) is 7.13. The maximum absolute atomic E-state index is 12.4. The third kappa shape index (κ3) is 3.40. The van der Waals surface area contributed by atoms with Crippen LogP contribution in [0.1, 0.15) is 47.7 Å². The largest absolute Gasteiger partial charge is 0.384 e. The minimum atomic E-state index is -0.172. The van der Waals surface area contributed by atoms with Crippen LogP contribution in [0.3, 0.4) is 0 Å². The Bertz CT molecular complexity index is 554. The number of aryl methyl sites for hydroxylation is 1. The zero-order valence-electron chi connectivity index (χ0n) is 12.1. The summed E-state index contributed by atoms with van der Waals surface area (Å²) in [5, 5.41) is 11.9. The molecule has 0 radical (unpaired) electrons. The molecule has 1 saturated carbocycles. The normalized spacial score (nSPS) is 21.1. The van der Waals surface area contributed by atoms with Gasteiger partial charge in [-0.1, -0.05) is 31.3 Å². The van der Waals surface area contributed by atoms with Crippen LogP contribution in [0.25, 0.3) is 0 Å². The molecular weight excluding hydrogens is 250 g/mol. The molecule has 1 aromatic carbocycles. The van der Waals surface area contributed by atoms with Crippen molar-refractivity contribution < 1.29 is 9.90 Å². The van der Waals surface area contributed by atoms with Crippen LogP contribution >= 0.6 is 0 Å². The van der Waals surface area contributed by atoms with Crippen molar-refractivity contribution in [3.05, 3.63) is 34.9 Å². The van der Waals surface area contributed by atoms with Gasteiger partial charge < -0.3 is 10.4 Å². The van der Waals surface area contributed by atoms with Gasteiger partial charge in [0, 0.05) is 17.2 Å². The van der Waals surface area contributed by atoms with E-state index >= 15 is 0 Å². The van der Waals surface area contributed by atoms with Gasteiger partial charge in [0.15, 0.2) is 0 Å². The predicted molar refractivity (Wildman–Crippen MR) is 79.4 cm³/mol. The van der Waals surface area contributed by atoms with Gasteiger partial charge in [0.2, 0.25) is 0 Å². The minimum Gasteiger partial charge on any atom is -0.384 e. The highest BCUT2D eigenvalue weighted by Gasteiger charge is 2.25. The first-order chi connectivity index (χ1) is 9.61. The molecule has 0 bridgehead atoms. The number of rotatable bonds is 2. The first-order valence-electron chi connectivity index (χ1n) is 7.13. The number of nitrogens with one attached hydrogen (secondary N) is 1. The molecule has 1 fully saturated rings. The highest BCUT2D eigenvalue weighted by atomic mass is 16.2. The van der Waals surface area contributed by atoms with Crippen LogP contribution < -0.4 is 5.32 Å². The van der Waals surface area contributed by atoms with E-state index in [1.165, 1.54) is 12.8 Å².